The van der Waals surface area contributed by atoms with E-state index in [-0.39, 0.29) is 11.2 Å². The minimum absolute atomic E-state index is 0.138. The van der Waals surface area contributed by atoms with Gasteiger partial charge in [-0.15, -0.1) is 0 Å². The molecule has 0 radical (unpaired) electrons. The molecule has 1 aliphatic heterocycles. The van der Waals surface area contributed by atoms with Crippen molar-refractivity contribution in [2.24, 2.45) is 10.4 Å². The number of carbonyl (C=O) groups excluding carboxylic acids is 1. The summed E-state index contributed by atoms with van der Waals surface area (Å²) in [4.78, 5) is 27.8. The van der Waals surface area contributed by atoms with Crippen molar-refractivity contribution in [2.75, 3.05) is 0 Å². The number of aryl methyl sites for hydroxylation is 1. The molecule has 0 aromatic carbocycles. The van der Waals surface area contributed by atoms with E-state index in [0.29, 0.717) is 22.6 Å². The van der Waals surface area contributed by atoms with Gasteiger partial charge in [0, 0.05) is 38.8 Å². The van der Waals surface area contributed by atoms with Gasteiger partial charge in [0.05, 0.1) is 11.8 Å². The fourth-order valence-electron chi connectivity index (χ4n) is 4.77. The number of rotatable bonds is 4. The van der Waals surface area contributed by atoms with Crippen LogP contribution in [0.1, 0.15) is 82.6 Å². The standard InChI is InChI=1S/C29H32N6O/c1-15-16(2)24(33-23(15)10-20-12-28(6,7)29(8,14-31)35-20)11-25-17(3)18(4)26(34-25)27(36)22-9-21(13-30)32-19(22)5/h9-11,32-34H,12H2,1-8H3/b23-10+,24-11+/t29-/m0/s1. The predicted octanol–water partition coefficient (Wildman–Crippen LogP) is 4.08. The van der Waals surface area contributed by atoms with Gasteiger partial charge in [0.1, 0.15) is 17.3 Å². The van der Waals surface area contributed by atoms with E-state index in [1.807, 2.05) is 32.9 Å². The molecule has 7 heteroatoms. The Morgan fingerprint density at radius 2 is 1.58 bits per heavy atom. The molecule has 7 nitrogen and oxygen atoms in total. The normalized spacial score (nSPS) is 19.9. The first kappa shape index (κ1) is 25.0. The molecule has 1 aliphatic rings. The van der Waals surface area contributed by atoms with Crippen LogP contribution in [0.3, 0.4) is 0 Å². The van der Waals surface area contributed by atoms with Crippen molar-refractivity contribution < 1.29 is 4.79 Å². The maximum Gasteiger partial charge on any atom is 0.211 e. The maximum atomic E-state index is 13.3. The second kappa shape index (κ2) is 8.53. The fraction of sp³-hybridized carbons (Fsp3) is 0.379. The number of aromatic nitrogens is 3. The fourth-order valence-corrected chi connectivity index (χ4v) is 4.77. The Balaban J connectivity index is 1.77. The molecule has 3 aromatic heterocycles. The van der Waals surface area contributed by atoms with Crippen LogP contribution in [0.5, 0.6) is 0 Å². The van der Waals surface area contributed by atoms with Crippen LogP contribution in [-0.2, 0) is 0 Å². The van der Waals surface area contributed by atoms with Crippen molar-refractivity contribution in [3.63, 3.8) is 0 Å². The Hall–Kier alpha value is -4.10. The lowest BCUT2D eigenvalue weighted by Gasteiger charge is -2.29. The highest BCUT2D eigenvalue weighted by Gasteiger charge is 2.46. The second-order valence-corrected chi connectivity index (χ2v) is 10.7. The zero-order valence-corrected chi connectivity index (χ0v) is 22.2. The molecular weight excluding hydrogens is 448 g/mol. The quantitative estimate of drug-likeness (QED) is 0.487. The van der Waals surface area contributed by atoms with Gasteiger partial charge in [0.25, 0.3) is 0 Å². The van der Waals surface area contributed by atoms with Crippen LogP contribution in [-0.4, -0.2) is 32.0 Å². The lowest BCUT2D eigenvalue weighted by atomic mass is 9.74. The van der Waals surface area contributed by atoms with Gasteiger partial charge in [-0.25, -0.2) is 0 Å². The minimum atomic E-state index is -0.739. The number of carbonyl (C=O) groups is 1. The number of H-pyrrole nitrogens is 3. The highest BCUT2D eigenvalue weighted by atomic mass is 16.1. The third kappa shape index (κ3) is 3.91. The van der Waals surface area contributed by atoms with Gasteiger partial charge in [0.15, 0.2) is 0 Å². The molecule has 4 heterocycles. The van der Waals surface area contributed by atoms with Gasteiger partial charge in [-0.2, -0.15) is 10.5 Å². The van der Waals surface area contributed by atoms with Gasteiger partial charge >= 0.3 is 0 Å². The molecule has 0 unspecified atom stereocenters. The van der Waals surface area contributed by atoms with Gasteiger partial charge in [-0.05, 0) is 88.4 Å². The van der Waals surface area contributed by atoms with Crippen LogP contribution < -0.4 is 10.7 Å². The predicted molar refractivity (Wildman–Crippen MR) is 141 cm³/mol. The average Bonchev–Trinajstić information content (AvgIpc) is 3.49. The number of nitrogens with zero attached hydrogens (tertiary/aromatic N) is 3. The highest BCUT2D eigenvalue weighted by molar-refractivity contribution is 6.12. The number of hydrogen-bond acceptors (Lipinski definition) is 4. The van der Waals surface area contributed by atoms with Crippen LogP contribution in [0, 0.1) is 62.7 Å². The van der Waals surface area contributed by atoms with Crippen molar-refractivity contribution in [1.29, 1.82) is 10.5 Å². The molecular formula is C29H32N6O. The molecule has 3 N–H and O–H groups in total. The number of aliphatic imine (C=N–C) groups is 1. The summed E-state index contributed by atoms with van der Waals surface area (Å²) in [6.45, 7) is 15.9. The molecule has 0 aliphatic carbocycles. The summed E-state index contributed by atoms with van der Waals surface area (Å²) in [6, 6.07) is 6.03. The van der Waals surface area contributed by atoms with Gasteiger partial charge in [0.2, 0.25) is 5.78 Å². The largest absolute Gasteiger partial charge is 0.355 e. The topological polar surface area (TPSA) is 124 Å². The minimum Gasteiger partial charge on any atom is -0.355 e. The Bertz CT molecular complexity index is 1640. The molecule has 4 rings (SSSR count). The zero-order valence-electron chi connectivity index (χ0n) is 22.2. The first-order valence-electron chi connectivity index (χ1n) is 12.0. The Labute approximate surface area is 211 Å². The number of aromatic amines is 3. The van der Waals surface area contributed by atoms with Crippen LogP contribution in [0.4, 0.5) is 0 Å². The SMILES string of the molecule is Cc1[nH]c(C#N)cc1C(=O)c1[nH]c(/C=c2/[nH]/c(=C/C3=N[C@@](C)(C#N)C(C)(C)C3)c(C)c2C)c(C)c1C. The molecule has 0 saturated heterocycles. The van der Waals surface area contributed by atoms with Crippen molar-refractivity contribution in [1.82, 2.24) is 15.0 Å². The molecule has 184 valence electrons. The summed E-state index contributed by atoms with van der Waals surface area (Å²) >= 11 is 0. The summed E-state index contributed by atoms with van der Waals surface area (Å²) in [5.74, 6) is -0.138. The Morgan fingerprint density at radius 3 is 2.14 bits per heavy atom. The van der Waals surface area contributed by atoms with Crippen molar-refractivity contribution >= 4 is 23.6 Å². The average molecular weight is 481 g/mol. The number of hydrogen-bond donors (Lipinski definition) is 3. The van der Waals surface area contributed by atoms with Crippen LogP contribution in [0.15, 0.2) is 11.1 Å². The molecule has 0 saturated carbocycles. The van der Waals surface area contributed by atoms with Crippen LogP contribution >= 0.6 is 0 Å². The first-order valence-corrected chi connectivity index (χ1v) is 12.0. The van der Waals surface area contributed by atoms with E-state index < -0.39 is 5.54 Å². The van der Waals surface area contributed by atoms with Gasteiger partial charge in [-0.3, -0.25) is 9.79 Å². The number of ketones is 1. The van der Waals surface area contributed by atoms with E-state index in [4.69, 9.17) is 10.3 Å². The van der Waals surface area contributed by atoms with Gasteiger partial charge < -0.3 is 15.0 Å². The van der Waals surface area contributed by atoms with E-state index in [2.05, 4.69) is 54.8 Å². The van der Waals surface area contributed by atoms with Crippen molar-refractivity contribution in [2.45, 2.75) is 67.3 Å². The summed E-state index contributed by atoms with van der Waals surface area (Å²) < 4.78 is 0. The molecule has 1 atom stereocenters. The highest BCUT2D eigenvalue weighted by Crippen LogP contribution is 2.42. The summed E-state index contributed by atoms with van der Waals surface area (Å²) in [5, 5.41) is 20.8. The van der Waals surface area contributed by atoms with E-state index >= 15 is 0 Å². The third-order valence-electron chi connectivity index (χ3n) is 7.97. The smallest absolute Gasteiger partial charge is 0.211 e. The van der Waals surface area contributed by atoms with E-state index in [1.165, 1.54) is 0 Å². The Morgan fingerprint density at radius 1 is 0.944 bits per heavy atom. The number of nitrogens with one attached hydrogen (secondary N) is 3. The second-order valence-electron chi connectivity index (χ2n) is 10.7. The van der Waals surface area contributed by atoms with E-state index in [0.717, 1.165) is 50.8 Å². The summed E-state index contributed by atoms with van der Waals surface area (Å²) in [5.41, 5.74) is 6.99. The Kier molecular flexibility index (Phi) is 5.93. The summed E-state index contributed by atoms with van der Waals surface area (Å²) in [6.07, 6.45) is 4.82. The van der Waals surface area contributed by atoms with Crippen molar-refractivity contribution in [3.8, 4) is 12.1 Å². The molecule has 0 spiro atoms. The molecule has 0 fully saturated rings. The summed E-state index contributed by atoms with van der Waals surface area (Å²) in [7, 11) is 0. The lowest BCUT2D eigenvalue weighted by Crippen LogP contribution is -2.34. The molecule has 0 amide bonds. The number of nitriles is 2. The van der Waals surface area contributed by atoms with Crippen LogP contribution in [0.2, 0.25) is 0 Å². The van der Waals surface area contributed by atoms with E-state index in [1.54, 1.807) is 13.0 Å². The molecule has 3 aromatic rings. The zero-order chi connectivity index (χ0) is 26.6. The molecule has 36 heavy (non-hydrogen) atoms. The monoisotopic (exact) mass is 480 g/mol. The van der Waals surface area contributed by atoms with Gasteiger partial charge in [-0.1, -0.05) is 13.8 Å². The lowest BCUT2D eigenvalue weighted by molar-refractivity contribution is 0.103. The van der Waals surface area contributed by atoms with Crippen molar-refractivity contribution in [3.05, 3.63) is 67.4 Å². The van der Waals surface area contributed by atoms with Crippen LogP contribution in [0.25, 0.3) is 12.2 Å². The first-order chi connectivity index (χ1) is 16.8. The third-order valence-corrected chi connectivity index (χ3v) is 7.97. The van der Waals surface area contributed by atoms with E-state index in [9.17, 15) is 10.1 Å². The molecule has 0 bridgehead atoms. The maximum absolute atomic E-state index is 13.3.